The van der Waals surface area contributed by atoms with Crippen molar-refractivity contribution in [3.05, 3.63) is 70.2 Å². The van der Waals surface area contributed by atoms with E-state index in [1.54, 1.807) is 43.5 Å². The molecule has 1 aromatic carbocycles. The number of aromatic nitrogens is 1. The van der Waals surface area contributed by atoms with Crippen LogP contribution in [0.5, 0.6) is 0 Å². The number of nitrogens with one attached hydrogen (secondary N) is 1. The Kier molecular flexibility index (Phi) is 4.17. The van der Waals surface area contributed by atoms with Crippen LogP contribution in [0.1, 0.15) is 43.1 Å². The molecule has 0 aliphatic heterocycles. The van der Waals surface area contributed by atoms with Crippen molar-refractivity contribution in [3.63, 3.8) is 0 Å². The van der Waals surface area contributed by atoms with Gasteiger partial charge in [-0.15, -0.1) is 0 Å². The number of Topliss-reactive ketones (excluding diaryl/α,β-unsaturated/α-hetero) is 1. The smallest absolute Gasteiger partial charge is 0.255 e. The molecule has 0 saturated carbocycles. The molecule has 128 valence electrons. The van der Waals surface area contributed by atoms with Gasteiger partial charge in [-0.25, -0.2) is 0 Å². The highest BCUT2D eigenvalue weighted by Gasteiger charge is 2.34. The van der Waals surface area contributed by atoms with E-state index in [9.17, 15) is 14.4 Å². The topological polar surface area (TPSA) is 68.2 Å². The fourth-order valence-electron chi connectivity index (χ4n) is 2.94. The third kappa shape index (κ3) is 3.05. The highest BCUT2D eigenvalue weighted by molar-refractivity contribution is 6.09. The number of rotatable bonds is 3. The number of hydrogen-bond acceptors (Lipinski definition) is 3. The van der Waals surface area contributed by atoms with Crippen LogP contribution in [0.15, 0.2) is 53.5 Å². The molecule has 0 radical (unpaired) electrons. The maximum absolute atomic E-state index is 12.8. The predicted molar refractivity (Wildman–Crippen MR) is 97.6 cm³/mol. The number of hydrogen-bond donors (Lipinski definition) is 1. The molecule has 1 aliphatic carbocycles. The van der Waals surface area contributed by atoms with E-state index in [4.69, 9.17) is 0 Å². The first-order chi connectivity index (χ1) is 11.8. The number of allylic oxidation sites excluding steroid dienone is 1. The van der Waals surface area contributed by atoms with Gasteiger partial charge in [0.05, 0.1) is 5.70 Å². The zero-order valence-electron chi connectivity index (χ0n) is 14.5. The van der Waals surface area contributed by atoms with Crippen LogP contribution < -0.4 is 10.9 Å². The summed E-state index contributed by atoms with van der Waals surface area (Å²) in [6, 6.07) is 10.1. The van der Waals surface area contributed by atoms with Crippen LogP contribution in [0.2, 0.25) is 0 Å². The van der Waals surface area contributed by atoms with Crippen LogP contribution in [0, 0.1) is 5.41 Å². The van der Waals surface area contributed by atoms with E-state index >= 15 is 0 Å². The fourth-order valence-corrected chi connectivity index (χ4v) is 2.94. The van der Waals surface area contributed by atoms with E-state index < -0.39 is 5.41 Å². The maximum atomic E-state index is 12.8. The van der Waals surface area contributed by atoms with Crippen molar-refractivity contribution < 1.29 is 9.59 Å². The van der Waals surface area contributed by atoms with Crippen LogP contribution in [0.25, 0.3) is 5.70 Å². The predicted octanol–water partition coefficient (Wildman–Crippen LogP) is 3.31. The number of fused-ring (bicyclic) bond motifs is 1. The molecule has 1 aromatic heterocycles. The molecule has 0 saturated heterocycles. The number of pyridine rings is 1. The van der Waals surface area contributed by atoms with Gasteiger partial charge in [0, 0.05) is 40.9 Å². The molecule has 25 heavy (non-hydrogen) atoms. The summed E-state index contributed by atoms with van der Waals surface area (Å²) >= 11 is 0. The number of nitrogens with zero attached hydrogens (tertiary/aromatic N) is 1. The highest BCUT2D eigenvalue weighted by atomic mass is 16.1. The van der Waals surface area contributed by atoms with Crippen molar-refractivity contribution in [1.82, 2.24) is 4.57 Å². The van der Waals surface area contributed by atoms with Crippen molar-refractivity contribution >= 4 is 23.1 Å². The minimum Gasteiger partial charge on any atom is -0.326 e. The van der Waals surface area contributed by atoms with Gasteiger partial charge >= 0.3 is 0 Å². The highest BCUT2D eigenvalue weighted by Crippen LogP contribution is 2.37. The fraction of sp³-hybridized carbons (Fsp3) is 0.250. The Labute approximate surface area is 146 Å². The Morgan fingerprint density at radius 1 is 1.12 bits per heavy atom. The quantitative estimate of drug-likeness (QED) is 0.935. The molecule has 0 spiro atoms. The Balaban J connectivity index is 2.21. The van der Waals surface area contributed by atoms with Gasteiger partial charge in [-0.05, 0) is 44.2 Å². The van der Waals surface area contributed by atoms with Gasteiger partial charge in [-0.2, -0.15) is 0 Å². The summed E-state index contributed by atoms with van der Waals surface area (Å²) in [4.78, 5) is 36.7. The van der Waals surface area contributed by atoms with E-state index in [1.165, 1.54) is 10.6 Å². The summed E-state index contributed by atoms with van der Waals surface area (Å²) in [5.74, 6) is -0.117. The van der Waals surface area contributed by atoms with Crippen molar-refractivity contribution in [2.75, 3.05) is 5.32 Å². The molecule has 5 nitrogen and oxygen atoms in total. The molecule has 0 atom stereocenters. The van der Waals surface area contributed by atoms with Crippen molar-refractivity contribution in [1.29, 1.82) is 0 Å². The number of carbonyl (C=O) groups excluding carboxylic acids is 2. The first-order valence-electron chi connectivity index (χ1n) is 8.23. The summed E-state index contributed by atoms with van der Waals surface area (Å²) in [5.41, 5.74) is 1.56. The second kappa shape index (κ2) is 6.16. The Bertz CT molecular complexity index is 951. The van der Waals surface area contributed by atoms with Crippen LogP contribution in [-0.2, 0) is 4.79 Å². The third-order valence-electron chi connectivity index (χ3n) is 4.31. The summed E-state index contributed by atoms with van der Waals surface area (Å²) in [7, 11) is 0. The average molecular weight is 336 g/mol. The molecular formula is C20H20N2O3. The summed E-state index contributed by atoms with van der Waals surface area (Å²) in [6.07, 6.45) is 3.86. The van der Waals surface area contributed by atoms with Gasteiger partial charge in [0.15, 0.2) is 5.78 Å². The minimum absolute atomic E-state index is 0.0106. The van der Waals surface area contributed by atoms with Gasteiger partial charge in [0.2, 0.25) is 5.91 Å². The van der Waals surface area contributed by atoms with Crippen LogP contribution in [0.4, 0.5) is 5.69 Å². The molecule has 1 N–H and O–H groups in total. The number of benzene rings is 1. The van der Waals surface area contributed by atoms with Gasteiger partial charge in [-0.3, -0.25) is 19.0 Å². The van der Waals surface area contributed by atoms with E-state index in [1.807, 2.05) is 19.9 Å². The Morgan fingerprint density at radius 3 is 2.56 bits per heavy atom. The van der Waals surface area contributed by atoms with E-state index in [2.05, 4.69) is 5.32 Å². The number of carbonyl (C=O) groups is 2. The minimum atomic E-state index is -0.716. The van der Waals surface area contributed by atoms with E-state index in [0.717, 1.165) is 0 Å². The molecule has 0 unspecified atom stereocenters. The molecule has 1 heterocycles. The SMILES string of the molecule is CCC(=O)Nc1ccc2c(c1)C(n1ccccc1=O)=CC(C)(C)C2=O. The molecule has 1 aliphatic rings. The number of ketones is 1. The molecule has 0 bridgehead atoms. The van der Waals surface area contributed by atoms with E-state index in [0.29, 0.717) is 28.9 Å². The first kappa shape index (κ1) is 16.9. The third-order valence-corrected chi connectivity index (χ3v) is 4.31. The van der Waals surface area contributed by atoms with Gasteiger partial charge in [0.25, 0.3) is 5.56 Å². The Hall–Kier alpha value is -2.95. The largest absolute Gasteiger partial charge is 0.326 e. The second-order valence-corrected chi connectivity index (χ2v) is 6.65. The lowest BCUT2D eigenvalue weighted by atomic mass is 9.76. The summed E-state index contributed by atoms with van der Waals surface area (Å²) < 4.78 is 1.53. The Morgan fingerprint density at radius 2 is 1.88 bits per heavy atom. The first-order valence-corrected chi connectivity index (χ1v) is 8.23. The lowest BCUT2D eigenvalue weighted by molar-refractivity contribution is -0.115. The zero-order valence-corrected chi connectivity index (χ0v) is 14.5. The average Bonchev–Trinajstić information content (AvgIpc) is 2.59. The van der Waals surface area contributed by atoms with Crippen molar-refractivity contribution in [3.8, 4) is 0 Å². The van der Waals surface area contributed by atoms with Gasteiger partial charge in [0.1, 0.15) is 0 Å². The molecule has 5 heteroatoms. The summed E-state index contributed by atoms with van der Waals surface area (Å²) in [5, 5.41) is 2.80. The monoisotopic (exact) mass is 336 g/mol. The molecule has 0 fully saturated rings. The van der Waals surface area contributed by atoms with Crippen LogP contribution in [-0.4, -0.2) is 16.3 Å². The van der Waals surface area contributed by atoms with Gasteiger partial charge in [-0.1, -0.05) is 13.0 Å². The lowest BCUT2D eigenvalue weighted by Gasteiger charge is -2.29. The summed E-state index contributed by atoms with van der Waals surface area (Å²) in [6.45, 7) is 5.44. The number of amides is 1. The lowest BCUT2D eigenvalue weighted by Crippen LogP contribution is -2.30. The number of anilines is 1. The second-order valence-electron chi connectivity index (χ2n) is 6.65. The van der Waals surface area contributed by atoms with Gasteiger partial charge < -0.3 is 5.32 Å². The van der Waals surface area contributed by atoms with Crippen molar-refractivity contribution in [2.24, 2.45) is 5.41 Å². The zero-order chi connectivity index (χ0) is 18.2. The molecule has 3 rings (SSSR count). The normalized spacial score (nSPS) is 15.3. The van der Waals surface area contributed by atoms with E-state index in [-0.39, 0.29) is 17.2 Å². The molecule has 2 aromatic rings. The maximum Gasteiger partial charge on any atom is 0.255 e. The molecule has 1 amide bonds. The standard InChI is InChI=1S/C20H20N2O3/c1-4-17(23)21-13-8-9-14-15(11-13)16(12-20(2,3)19(14)25)22-10-6-5-7-18(22)24/h5-12H,4H2,1-3H3,(H,21,23). The van der Waals surface area contributed by atoms with Crippen LogP contribution >= 0.6 is 0 Å². The van der Waals surface area contributed by atoms with Crippen LogP contribution in [0.3, 0.4) is 0 Å². The van der Waals surface area contributed by atoms with Crippen molar-refractivity contribution in [2.45, 2.75) is 27.2 Å². The molecular weight excluding hydrogens is 316 g/mol.